The molecule has 5 heteroatoms. The summed E-state index contributed by atoms with van der Waals surface area (Å²) in [5.41, 5.74) is 1.20. The molecule has 0 aromatic heterocycles. The molecule has 0 amide bonds. The van der Waals surface area contributed by atoms with Crippen molar-refractivity contribution in [3.05, 3.63) is 18.2 Å². The summed E-state index contributed by atoms with van der Waals surface area (Å²) in [7, 11) is 1.71. The second-order valence-corrected chi connectivity index (χ2v) is 6.45. The highest BCUT2D eigenvalue weighted by Gasteiger charge is 2.04. The molecule has 0 aliphatic rings. The third-order valence-corrected chi connectivity index (χ3v) is 4.61. The molecule has 2 nitrogen and oxygen atoms in total. The summed E-state index contributed by atoms with van der Waals surface area (Å²) in [5, 5.41) is 5.56. The number of ether oxygens (including phenoxy) is 1. The van der Waals surface area contributed by atoms with E-state index in [0.29, 0.717) is 0 Å². The number of methoxy groups -OCH3 is 1. The molecule has 0 spiro atoms. The van der Waals surface area contributed by atoms with E-state index >= 15 is 0 Å². The molecule has 18 heavy (non-hydrogen) atoms. The van der Waals surface area contributed by atoms with E-state index < -0.39 is 0 Å². The van der Waals surface area contributed by atoms with Gasteiger partial charge in [-0.15, -0.1) is 11.8 Å². The van der Waals surface area contributed by atoms with Crippen molar-refractivity contribution in [1.29, 1.82) is 0 Å². The van der Waals surface area contributed by atoms with Gasteiger partial charge in [0.2, 0.25) is 0 Å². The van der Waals surface area contributed by atoms with Crippen LogP contribution in [0, 0.1) is 0 Å². The summed E-state index contributed by atoms with van der Waals surface area (Å²) in [5.74, 6) is 2.04. The van der Waals surface area contributed by atoms with Crippen LogP contribution in [0.3, 0.4) is 0 Å². The van der Waals surface area contributed by atoms with Crippen molar-refractivity contribution in [2.75, 3.05) is 35.4 Å². The van der Waals surface area contributed by atoms with Crippen LogP contribution in [0.2, 0.25) is 0 Å². The number of thioether (sulfide) groups is 1. The van der Waals surface area contributed by atoms with Gasteiger partial charge in [-0.25, -0.2) is 0 Å². The summed E-state index contributed by atoms with van der Waals surface area (Å²) in [6, 6.07) is 6.21. The van der Waals surface area contributed by atoms with Crippen molar-refractivity contribution in [2.24, 2.45) is 0 Å². The van der Waals surface area contributed by atoms with Crippen molar-refractivity contribution in [3.8, 4) is 5.75 Å². The summed E-state index contributed by atoms with van der Waals surface area (Å²) in [6.45, 7) is 0.990. The summed E-state index contributed by atoms with van der Waals surface area (Å²) in [6.07, 6.45) is 2.29. The lowest BCUT2D eigenvalue weighted by molar-refractivity contribution is 0.414. The Morgan fingerprint density at radius 2 is 2.00 bits per heavy atom. The third-order valence-electron chi connectivity index (χ3n) is 2.35. The Hall–Kier alpha value is 0.130. The number of hydrogen-bond donors (Lipinski definition) is 1. The van der Waals surface area contributed by atoms with Gasteiger partial charge in [-0.3, -0.25) is 0 Å². The maximum absolute atomic E-state index is 5.28. The monoisotopic (exact) mass is 395 g/mol. The molecule has 102 valence electrons. The second-order valence-electron chi connectivity index (χ2n) is 3.72. The van der Waals surface area contributed by atoms with Crippen LogP contribution in [0.25, 0.3) is 0 Å². The predicted octanol–water partition coefficient (Wildman–Crippen LogP) is 4.77. The number of rotatable bonds is 9. The number of halogens is 2. The van der Waals surface area contributed by atoms with Gasteiger partial charge in [-0.2, -0.15) is 0 Å². The minimum Gasteiger partial charge on any atom is -0.497 e. The Kier molecular flexibility index (Phi) is 8.98. The largest absolute Gasteiger partial charge is 0.497 e. The molecule has 0 saturated heterocycles. The van der Waals surface area contributed by atoms with Crippen LogP contribution in [-0.4, -0.2) is 30.1 Å². The Labute approximate surface area is 131 Å². The second kappa shape index (κ2) is 9.98. The van der Waals surface area contributed by atoms with E-state index in [2.05, 4.69) is 49.3 Å². The zero-order chi connectivity index (χ0) is 13.2. The maximum atomic E-state index is 5.28. The first-order chi connectivity index (χ1) is 8.81. The van der Waals surface area contributed by atoms with Crippen LogP contribution in [0.5, 0.6) is 5.75 Å². The molecule has 1 aromatic carbocycles. The SMILES string of the molecule is COc1ccc(NCCCBr)c(SCCCBr)c1. The van der Waals surface area contributed by atoms with E-state index in [1.54, 1.807) is 7.11 Å². The molecule has 1 N–H and O–H groups in total. The standard InChI is InChI=1S/C13H19Br2NOS/c1-17-11-4-5-12(16-8-2-6-14)13(10-11)18-9-3-7-15/h4-5,10,16H,2-3,6-9H2,1H3. The van der Waals surface area contributed by atoms with Crippen LogP contribution in [0.4, 0.5) is 5.69 Å². The summed E-state index contributed by atoms with van der Waals surface area (Å²) >= 11 is 8.78. The van der Waals surface area contributed by atoms with Crippen molar-refractivity contribution in [3.63, 3.8) is 0 Å². The minimum absolute atomic E-state index is 0.919. The summed E-state index contributed by atoms with van der Waals surface area (Å²) in [4.78, 5) is 1.27. The number of hydrogen-bond acceptors (Lipinski definition) is 3. The Bertz CT molecular complexity index is 350. The number of nitrogens with one attached hydrogen (secondary N) is 1. The van der Waals surface area contributed by atoms with Crippen molar-refractivity contribution < 1.29 is 4.74 Å². The highest BCUT2D eigenvalue weighted by atomic mass is 79.9. The van der Waals surface area contributed by atoms with Gasteiger partial charge in [0, 0.05) is 27.8 Å². The fourth-order valence-electron chi connectivity index (χ4n) is 1.42. The lowest BCUT2D eigenvalue weighted by atomic mass is 10.3. The quantitative estimate of drug-likeness (QED) is 0.369. The number of anilines is 1. The molecule has 0 bridgehead atoms. The molecule has 0 fully saturated rings. The molecule has 0 radical (unpaired) electrons. The van der Waals surface area contributed by atoms with E-state index in [0.717, 1.165) is 35.1 Å². The number of benzene rings is 1. The van der Waals surface area contributed by atoms with Crippen LogP contribution >= 0.6 is 43.6 Å². The van der Waals surface area contributed by atoms with Crippen LogP contribution in [-0.2, 0) is 0 Å². The Morgan fingerprint density at radius 3 is 2.67 bits per heavy atom. The fraction of sp³-hybridized carbons (Fsp3) is 0.538. The average Bonchev–Trinajstić information content (AvgIpc) is 2.40. The zero-order valence-corrected chi connectivity index (χ0v) is 14.5. The van der Waals surface area contributed by atoms with E-state index in [1.165, 1.54) is 17.0 Å². The third kappa shape index (κ3) is 5.85. The van der Waals surface area contributed by atoms with Gasteiger partial charge >= 0.3 is 0 Å². The van der Waals surface area contributed by atoms with E-state index in [1.807, 2.05) is 17.8 Å². The lowest BCUT2D eigenvalue weighted by Gasteiger charge is -2.12. The van der Waals surface area contributed by atoms with Gasteiger partial charge in [0.05, 0.1) is 7.11 Å². The highest BCUT2D eigenvalue weighted by molar-refractivity contribution is 9.09. The lowest BCUT2D eigenvalue weighted by Crippen LogP contribution is -2.03. The molecule has 0 saturated carbocycles. The van der Waals surface area contributed by atoms with Gasteiger partial charge in [0.25, 0.3) is 0 Å². The number of alkyl halides is 2. The topological polar surface area (TPSA) is 21.3 Å². The molecule has 0 aliphatic heterocycles. The van der Waals surface area contributed by atoms with Crippen LogP contribution < -0.4 is 10.1 Å². The molecule has 0 heterocycles. The van der Waals surface area contributed by atoms with Crippen molar-refractivity contribution >= 4 is 49.3 Å². The van der Waals surface area contributed by atoms with Gasteiger partial charge in [0.15, 0.2) is 0 Å². The first-order valence-corrected chi connectivity index (χ1v) is 9.21. The Morgan fingerprint density at radius 1 is 1.22 bits per heavy atom. The normalized spacial score (nSPS) is 10.4. The molecule has 1 aromatic rings. The van der Waals surface area contributed by atoms with Gasteiger partial charge in [-0.1, -0.05) is 31.9 Å². The molecule has 0 atom stereocenters. The smallest absolute Gasteiger partial charge is 0.120 e. The fourth-order valence-corrected chi connectivity index (χ4v) is 3.36. The maximum Gasteiger partial charge on any atom is 0.120 e. The molecular weight excluding hydrogens is 378 g/mol. The highest BCUT2D eigenvalue weighted by Crippen LogP contribution is 2.31. The molecule has 1 rings (SSSR count). The van der Waals surface area contributed by atoms with Gasteiger partial charge < -0.3 is 10.1 Å². The van der Waals surface area contributed by atoms with Gasteiger partial charge in [-0.05, 0) is 36.8 Å². The van der Waals surface area contributed by atoms with E-state index in [9.17, 15) is 0 Å². The van der Waals surface area contributed by atoms with Crippen LogP contribution in [0.15, 0.2) is 23.1 Å². The minimum atomic E-state index is 0.919. The Balaban J connectivity index is 2.66. The first-order valence-electron chi connectivity index (χ1n) is 5.98. The van der Waals surface area contributed by atoms with Crippen molar-refractivity contribution in [1.82, 2.24) is 0 Å². The van der Waals surface area contributed by atoms with E-state index in [-0.39, 0.29) is 0 Å². The first kappa shape index (κ1) is 16.2. The predicted molar refractivity (Wildman–Crippen MR) is 89.0 cm³/mol. The van der Waals surface area contributed by atoms with Crippen LogP contribution in [0.1, 0.15) is 12.8 Å². The zero-order valence-electron chi connectivity index (χ0n) is 10.5. The molecule has 0 aliphatic carbocycles. The van der Waals surface area contributed by atoms with Gasteiger partial charge in [0.1, 0.15) is 5.75 Å². The van der Waals surface area contributed by atoms with E-state index in [4.69, 9.17) is 4.74 Å². The summed E-state index contributed by atoms with van der Waals surface area (Å²) < 4.78 is 5.28. The molecular formula is C13H19Br2NOS. The molecule has 0 unspecified atom stereocenters. The van der Waals surface area contributed by atoms with Crippen molar-refractivity contribution in [2.45, 2.75) is 17.7 Å². The average molecular weight is 397 g/mol.